The van der Waals surface area contributed by atoms with Crippen molar-refractivity contribution < 1.29 is 0 Å². The van der Waals surface area contributed by atoms with Gasteiger partial charge in [-0.05, 0) is 49.3 Å². The molecule has 1 nitrogen and oxygen atoms in total. The van der Waals surface area contributed by atoms with Gasteiger partial charge in [0.15, 0.2) is 0 Å². The van der Waals surface area contributed by atoms with Crippen molar-refractivity contribution in [1.82, 2.24) is 5.32 Å². The second-order valence-electron chi connectivity index (χ2n) is 5.51. The summed E-state index contributed by atoms with van der Waals surface area (Å²) in [7, 11) is 0. The van der Waals surface area contributed by atoms with Gasteiger partial charge in [-0.15, -0.1) is 0 Å². The molecule has 1 aromatic carbocycles. The molecule has 1 heteroatoms. The lowest BCUT2D eigenvalue weighted by atomic mass is 9.86. The summed E-state index contributed by atoms with van der Waals surface area (Å²) in [6.07, 6.45) is 3.78. The minimum absolute atomic E-state index is 0.660. The molecule has 0 heterocycles. The Labute approximate surface area is 113 Å². The van der Waals surface area contributed by atoms with Crippen LogP contribution in [0.15, 0.2) is 24.3 Å². The fourth-order valence-electron chi connectivity index (χ4n) is 2.47. The highest BCUT2D eigenvalue weighted by atomic mass is 14.8. The van der Waals surface area contributed by atoms with Gasteiger partial charge in [-0.2, -0.15) is 0 Å². The number of benzene rings is 1. The SMILES string of the molecule is CCCNCC(CC(C)CC)c1ccccc1C. The maximum absolute atomic E-state index is 3.59. The summed E-state index contributed by atoms with van der Waals surface area (Å²) in [5.41, 5.74) is 2.96. The smallest absolute Gasteiger partial charge is 0.00203 e. The van der Waals surface area contributed by atoms with Crippen LogP contribution in [-0.4, -0.2) is 13.1 Å². The number of aryl methyl sites for hydroxylation is 1. The van der Waals surface area contributed by atoms with Crippen molar-refractivity contribution in [2.24, 2.45) is 5.92 Å². The maximum Gasteiger partial charge on any atom is 0.00203 e. The van der Waals surface area contributed by atoms with Crippen molar-refractivity contribution in [2.45, 2.75) is 52.9 Å². The second kappa shape index (κ2) is 8.31. The first kappa shape index (κ1) is 15.2. The first-order valence-corrected chi connectivity index (χ1v) is 7.45. The standard InChI is InChI=1S/C17H29N/c1-5-11-18-13-16(12-14(3)6-2)17-10-8-7-9-15(17)4/h7-10,14,16,18H,5-6,11-13H2,1-4H3. The van der Waals surface area contributed by atoms with Gasteiger partial charge < -0.3 is 5.32 Å². The Kier molecular flexibility index (Phi) is 7.04. The molecule has 0 fully saturated rings. The van der Waals surface area contributed by atoms with Crippen LogP contribution >= 0.6 is 0 Å². The van der Waals surface area contributed by atoms with E-state index >= 15 is 0 Å². The molecule has 2 atom stereocenters. The van der Waals surface area contributed by atoms with E-state index in [1.165, 1.54) is 30.4 Å². The zero-order valence-electron chi connectivity index (χ0n) is 12.5. The van der Waals surface area contributed by atoms with E-state index in [1.807, 2.05) is 0 Å². The zero-order valence-corrected chi connectivity index (χ0v) is 12.5. The average molecular weight is 247 g/mol. The largest absolute Gasteiger partial charge is 0.316 e. The van der Waals surface area contributed by atoms with E-state index in [9.17, 15) is 0 Å². The normalized spacial score (nSPS) is 14.4. The molecule has 0 aliphatic carbocycles. The third kappa shape index (κ3) is 4.81. The van der Waals surface area contributed by atoms with Crippen LogP contribution in [0.4, 0.5) is 0 Å². The van der Waals surface area contributed by atoms with Crippen LogP contribution in [0.25, 0.3) is 0 Å². The van der Waals surface area contributed by atoms with E-state index < -0.39 is 0 Å². The van der Waals surface area contributed by atoms with E-state index in [-0.39, 0.29) is 0 Å². The van der Waals surface area contributed by atoms with Gasteiger partial charge in [0.05, 0.1) is 0 Å². The minimum atomic E-state index is 0.660. The first-order valence-electron chi connectivity index (χ1n) is 7.45. The van der Waals surface area contributed by atoms with Crippen molar-refractivity contribution in [3.8, 4) is 0 Å². The minimum Gasteiger partial charge on any atom is -0.316 e. The molecule has 0 aliphatic rings. The molecular formula is C17H29N. The Hall–Kier alpha value is -0.820. The number of rotatable bonds is 8. The Bertz CT molecular complexity index is 332. The molecule has 1 N–H and O–H groups in total. The summed E-state index contributed by atoms with van der Waals surface area (Å²) in [4.78, 5) is 0. The predicted molar refractivity (Wildman–Crippen MR) is 81.2 cm³/mol. The molecule has 0 aliphatic heterocycles. The van der Waals surface area contributed by atoms with Crippen molar-refractivity contribution in [1.29, 1.82) is 0 Å². The highest BCUT2D eigenvalue weighted by Crippen LogP contribution is 2.27. The molecule has 0 saturated heterocycles. The number of hydrogen-bond donors (Lipinski definition) is 1. The van der Waals surface area contributed by atoms with E-state index in [0.717, 1.165) is 19.0 Å². The molecule has 102 valence electrons. The molecule has 2 unspecified atom stereocenters. The van der Waals surface area contributed by atoms with Gasteiger partial charge in [-0.3, -0.25) is 0 Å². The third-order valence-electron chi connectivity index (χ3n) is 3.83. The molecular weight excluding hydrogens is 218 g/mol. The maximum atomic E-state index is 3.59. The molecule has 1 rings (SSSR count). The zero-order chi connectivity index (χ0) is 13.4. The van der Waals surface area contributed by atoms with Crippen LogP contribution in [0.2, 0.25) is 0 Å². The fraction of sp³-hybridized carbons (Fsp3) is 0.647. The van der Waals surface area contributed by atoms with Gasteiger partial charge in [-0.1, -0.05) is 51.5 Å². The molecule has 18 heavy (non-hydrogen) atoms. The first-order chi connectivity index (χ1) is 8.69. The Morgan fingerprint density at radius 2 is 1.89 bits per heavy atom. The monoisotopic (exact) mass is 247 g/mol. The summed E-state index contributed by atoms with van der Waals surface area (Å²) in [6.45, 7) is 11.4. The Morgan fingerprint density at radius 3 is 2.50 bits per heavy atom. The van der Waals surface area contributed by atoms with Gasteiger partial charge in [0.25, 0.3) is 0 Å². The van der Waals surface area contributed by atoms with E-state index in [4.69, 9.17) is 0 Å². The summed E-state index contributed by atoms with van der Waals surface area (Å²) >= 11 is 0. The lowest BCUT2D eigenvalue weighted by Crippen LogP contribution is -2.24. The Balaban J connectivity index is 2.73. The lowest BCUT2D eigenvalue weighted by Gasteiger charge is -2.23. The summed E-state index contributed by atoms with van der Waals surface area (Å²) in [5, 5.41) is 3.59. The fourth-order valence-corrected chi connectivity index (χ4v) is 2.47. The van der Waals surface area contributed by atoms with Crippen LogP contribution in [0.5, 0.6) is 0 Å². The molecule has 0 radical (unpaired) electrons. The van der Waals surface area contributed by atoms with Crippen LogP contribution in [0, 0.1) is 12.8 Å². The number of nitrogens with one attached hydrogen (secondary N) is 1. The van der Waals surface area contributed by atoms with Gasteiger partial charge in [-0.25, -0.2) is 0 Å². The van der Waals surface area contributed by atoms with Crippen LogP contribution in [-0.2, 0) is 0 Å². The highest BCUT2D eigenvalue weighted by molar-refractivity contribution is 5.29. The predicted octanol–water partition coefficient (Wildman–Crippen LogP) is 4.51. The van der Waals surface area contributed by atoms with Crippen molar-refractivity contribution >= 4 is 0 Å². The van der Waals surface area contributed by atoms with Crippen molar-refractivity contribution in [3.05, 3.63) is 35.4 Å². The van der Waals surface area contributed by atoms with Crippen molar-refractivity contribution in [2.75, 3.05) is 13.1 Å². The third-order valence-corrected chi connectivity index (χ3v) is 3.83. The molecule has 0 spiro atoms. The molecule has 0 aromatic heterocycles. The molecule has 0 bridgehead atoms. The molecule has 0 saturated carbocycles. The van der Waals surface area contributed by atoms with Crippen LogP contribution in [0.1, 0.15) is 57.1 Å². The summed E-state index contributed by atoms with van der Waals surface area (Å²) in [6, 6.07) is 8.85. The van der Waals surface area contributed by atoms with Crippen LogP contribution in [0.3, 0.4) is 0 Å². The Morgan fingerprint density at radius 1 is 1.17 bits per heavy atom. The second-order valence-corrected chi connectivity index (χ2v) is 5.51. The van der Waals surface area contributed by atoms with Gasteiger partial charge >= 0.3 is 0 Å². The van der Waals surface area contributed by atoms with Crippen LogP contribution < -0.4 is 5.32 Å². The summed E-state index contributed by atoms with van der Waals surface area (Å²) < 4.78 is 0. The molecule has 0 amide bonds. The van der Waals surface area contributed by atoms with Gasteiger partial charge in [0.1, 0.15) is 0 Å². The highest BCUT2D eigenvalue weighted by Gasteiger charge is 2.15. The molecule has 1 aromatic rings. The van der Waals surface area contributed by atoms with Gasteiger partial charge in [0, 0.05) is 6.54 Å². The van der Waals surface area contributed by atoms with Gasteiger partial charge in [0.2, 0.25) is 0 Å². The topological polar surface area (TPSA) is 12.0 Å². The van der Waals surface area contributed by atoms with E-state index in [2.05, 4.69) is 57.3 Å². The quantitative estimate of drug-likeness (QED) is 0.666. The average Bonchev–Trinajstić information content (AvgIpc) is 2.38. The number of hydrogen-bond acceptors (Lipinski definition) is 1. The van der Waals surface area contributed by atoms with E-state index in [1.54, 1.807) is 0 Å². The summed E-state index contributed by atoms with van der Waals surface area (Å²) in [5.74, 6) is 1.46. The van der Waals surface area contributed by atoms with Crippen molar-refractivity contribution in [3.63, 3.8) is 0 Å². The van der Waals surface area contributed by atoms with E-state index in [0.29, 0.717) is 5.92 Å². The lowest BCUT2D eigenvalue weighted by molar-refractivity contribution is 0.435.